The van der Waals surface area contributed by atoms with E-state index in [4.69, 9.17) is 4.42 Å². The van der Waals surface area contributed by atoms with Gasteiger partial charge in [0.1, 0.15) is 5.58 Å². The first-order valence-corrected chi connectivity index (χ1v) is 7.83. The molecule has 0 aliphatic rings. The second kappa shape index (κ2) is 6.20. The zero-order valence-electron chi connectivity index (χ0n) is 11.5. The van der Waals surface area contributed by atoms with Crippen LogP contribution < -0.4 is 5.32 Å². The molecule has 0 bridgehead atoms. The highest BCUT2D eigenvalue weighted by Crippen LogP contribution is 2.29. The van der Waals surface area contributed by atoms with Crippen molar-refractivity contribution in [2.45, 2.75) is 25.8 Å². The molecule has 1 atom stereocenters. The Morgan fingerprint density at radius 3 is 3.05 bits per heavy atom. The van der Waals surface area contributed by atoms with E-state index in [0.717, 1.165) is 25.0 Å². The number of nitrogens with zero attached hydrogens (tertiary/aromatic N) is 1. The van der Waals surface area contributed by atoms with Gasteiger partial charge < -0.3 is 9.73 Å². The van der Waals surface area contributed by atoms with Crippen LogP contribution in [0.4, 0.5) is 0 Å². The maximum absolute atomic E-state index is 5.68. The lowest BCUT2D eigenvalue weighted by molar-refractivity contribution is 0.521. The summed E-state index contributed by atoms with van der Waals surface area (Å²) in [7, 11) is 0. The molecule has 3 aromatic rings. The van der Waals surface area contributed by atoms with Gasteiger partial charge in [0.15, 0.2) is 0 Å². The van der Waals surface area contributed by atoms with Crippen molar-refractivity contribution in [3.05, 3.63) is 52.7 Å². The number of thiazole rings is 1. The first-order valence-electron chi connectivity index (χ1n) is 6.95. The van der Waals surface area contributed by atoms with Crippen LogP contribution in [0.25, 0.3) is 11.0 Å². The van der Waals surface area contributed by atoms with E-state index >= 15 is 0 Å². The summed E-state index contributed by atoms with van der Waals surface area (Å²) in [6.45, 7) is 3.19. The van der Waals surface area contributed by atoms with Crippen LogP contribution >= 0.6 is 11.3 Å². The van der Waals surface area contributed by atoms with Crippen molar-refractivity contribution >= 4 is 22.3 Å². The van der Waals surface area contributed by atoms with E-state index < -0.39 is 0 Å². The number of fused-ring (bicyclic) bond motifs is 1. The van der Waals surface area contributed by atoms with Crippen molar-refractivity contribution in [1.29, 1.82) is 0 Å². The largest absolute Gasteiger partial charge is 0.464 e. The first-order chi connectivity index (χ1) is 9.88. The van der Waals surface area contributed by atoms with Crippen molar-refractivity contribution < 1.29 is 4.42 Å². The average molecular weight is 286 g/mol. The molecule has 20 heavy (non-hydrogen) atoms. The maximum Gasteiger partial charge on any atom is 0.134 e. The fraction of sp³-hybridized carbons (Fsp3) is 0.312. The number of benzene rings is 1. The van der Waals surface area contributed by atoms with E-state index in [1.54, 1.807) is 11.3 Å². The number of rotatable bonds is 6. The molecule has 104 valence electrons. The SMILES string of the molecule is CCCNC(Cc1cncs1)c1coc2ccccc12. The minimum Gasteiger partial charge on any atom is -0.464 e. The Labute approximate surface area is 122 Å². The molecule has 0 radical (unpaired) electrons. The van der Waals surface area contributed by atoms with Gasteiger partial charge in [0.05, 0.1) is 11.8 Å². The third kappa shape index (κ3) is 2.76. The highest BCUT2D eigenvalue weighted by Gasteiger charge is 2.17. The first kappa shape index (κ1) is 13.3. The van der Waals surface area contributed by atoms with Gasteiger partial charge >= 0.3 is 0 Å². The molecular weight excluding hydrogens is 268 g/mol. The second-order valence-electron chi connectivity index (χ2n) is 4.87. The second-order valence-corrected chi connectivity index (χ2v) is 5.84. The Morgan fingerprint density at radius 1 is 1.35 bits per heavy atom. The van der Waals surface area contributed by atoms with Gasteiger partial charge in [-0.05, 0) is 19.0 Å². The normalized spacial score (nSPS) is 12.8. The van der Waals surface area contributed by atoms with Crippen LogP contribution in [0.15, 0.2) is 46.7 Å². The molecule has 2 aromatic heterocycles. The quantitative estimate of drug-likeness (QED) is 0.739. The van der Waals surface area contributed by atoms with Crippen LogP contribution in [-0.2, 0) is 6.42 Å². The van der Waals surface area contributed by atoms with Gasteiger partial charge in [-0.25, -0.2) is 0 Å². The topological polar surface area (TPSA) is 38.1 Å². The minimum atomic E-state index is 0.277. The third-order valence-corrected chi connectivity index (χ3v) is 4.22. The van der Waals surface area contributed by atoms with Crippen molar-refractivity contribution in [2.24, 2.45) is 0 Å². The number of nitrogens with one attached hydrogen (secondary N) is 1. The van der Waals surface area contributed by atoms with E-state index in [9.17, 15) is 0 Å². The molecule has 1 unspecified atom stereocenters. The number of hydrogen-bond acceptors (Lipinski definition) is 4. The molecule has 0 saturated carbocycles. The number of furan rings is 1. The van der Waals surface area contributed by atoms with Gasteiger partial charge in [0.2, 0.25) is 0 Å². The zero-order valence-corrected chi connectivity index (χ0v) is 12.3. The Kier molecular flexibility index (Phi) is 4.14. The van der Waals surface area contributed by atoms with Gasteiger partial charge in [-0.2, -0.15) is 0 Å². The van der Waals surface area contributed by atoms with Crippen molar-refractivity contribution in [1.82, 2.24) is 10.3 Å². The number of aromatic nitrogens is 1. The lowest BCUT2D eigenvalue weighted by Gasteiger charge is -2.16. The molecule has 4 heteroatoms. The molecule has 3 nitrogen and oxygen atoms in total. The molecule has 0 aliphatic carbocycles. The smallest absolute Gasteiger partial charge is 0.134 e. The molecule has 3 rings (SSSR count). The van der Waals surface area contributed by atoms with Crippen molar-refractivity contribution in [2.75, 3.05) is 6.54 Å². The summed E-state index contributed by atoms with van der Waals surface area (Å²) in [5.74, 6) is 0. The molecule has 0 spiro atoms. The summed E-state index contributed by atoms with van der Waals surface area (Å²) in [6.07, 6.45) is 5.91. The third-order valence-electron chi connectivity index (χ3n) is 3.42. The molecule has 0 saturated heterocycles. The Hall–Kier alpha value is -1.65. The van der Waals surface area contributed by atoms with E-state index in [2.05, 4.69) is 29.4 Å². The molecule has 1 N–H and O–H groups in total. The average Bonchev–Trinajstić information content (AvgIpc) is 3.12. The number of para-hydroxylation sites is 1. The van der Waals surface area contributed by atoms with Gasteiger partial charge in [0, 0.05) is 34.5 Å². The van der Waals surface area contributed by atoms with E-state index in [1.807, 2.05) is 30.1 Å². The lowest BCUT2D eigenvalue weighted by atomic mass is 10.0. The summed E-state index contributed by atoms with van der Waals surface area (Å²) in [5.41, 5.74) is 4.08. The fourth-order valence-corrected chi connectivity index (χ4v) is 3.06. The summed E-state index contributed by atoms with van der Waals surface area (Å²) in [4.78, 5) is 5.46. The highest BCUT2D eigenvalue weighted by molar-refractivity contribution is 7.09. The molecule has 0 aliphatic heterocycles. The van der Waals surface area contributed by atoms with E-state index in [0.29, 0.717) is 0 Å². The summed E-state index contributed by atoms with van der Waals surface area (Å²) in [5, 5.41) is 4.82. The van der Waals surface area contributed by atoms with Gasteiger partial charge in [-0.3, -0.25) is 4.98 Å². The van der Waals surface area contributed by atoms with E-state index in [1.165, 1.54) is 15.8 Å². The van der Waals surface area contributed by atoms with Crippen LogP contribution in [0.2, 0.25) is 0 Å². The lowest BCUT2D eigenvalue weighted by Crippen LogP contribution is -2.23. The molecule has 0 amide bonds. The van der Waals surface area contributed by atoms with Crippen molar-refractivity contribution in [3.63, 3.8) is 0 Å². The van der Waals surface area contributed by atoms with Crippen LogP contribution in [0.5, 0.6) is 0 Å². The summed E-state index contributed by atoms with van der Waals surface area (Å²) < 4.78 is 5.68. The monoisotopic (exact) mass is 286 g/mol. The van der Waals surface area contributed by atoms with Crippen molar-refractivity contribution in [3.8, 4) is 0 Å². The fourth-order valence-electron chi connectivity index (χ4n) is 2.42. The predicted molar refractivity (Wildman–Crippen MR) is 83.1 cm³/mol. The highest BCUT2D eigenvalue weighted by atomic mass is 32.1. The van der Waals surface area contributed by atoms with E-state index in [-0.39, 0.29) is 6.04 Å². The Morgan fingerprint density at radius 2 is 2.25 bits per heavy atom. The predicted octanol–water partition coefficient (Wildman–Crippen LogP) is 4.17. The molecule has 0 fully saturated rings. The zero-order chi connectivity index (χ0) is 13.8. The Balaban J connectivity index is 1.91. The van der Waals surface area contributed by atoms with Crippen LogP contribution in [0.1, 0.15) is 29.8 Å². The van der Waals surface area contributed by atoms with Gasteiger partial charge in [0.25, 0.3) is 0 Å². The standard InChI is InChI=1S/C16H18N2OS/c1-2-7-18-15(8-12-9-17-11-20-12)14-10-19-16-6-4-3-5-13(14)16/h3-6,9-11,15,18H,2,7-8H2,1H3. The van der Waals surface area contributed by atoms with Crippen LogP contribution in [0, 0.1) is 0 Å². The molecular formula is C16H18N2OS. The number of hydrogen-bond donors (Lipinski definition) is 1. The summed E-state index contributed by atoms with van der Waals surface area (Å²) >= 11 is 1.71. The minimum absolute atomic E-state index is 0.277. The Bertz CT molecular complexity index is 660. The van der Waals surface area contributed by atoms with Gasteiger partial charge in [-0.1, -0.05) is 25.1 Å². The maximum atomic E-state index is 5.68. The molecule has 2 heterocycles. The van der Waals surface area contributed by atoms with Crippen LogP contribution in [-0.4, -0.2) is 11.5 Å². The summed E-state index contributed by atoms with van der Waals surface area (Å²) in [6, 6.07) is 8.49. The van der Waals surface area contributed by atoms with Crippen LogP contribution in [0.3, 0.4) is 0 Å². The van der Waals surface area contributed by atoms with Gasteiger partial charge in [-0.15, -0.1) is 11.3 Å². The molecule has 1 aromatic carbocycles.